The van der Waals surface area contributed by atoms with E-state index in [0.717, 1.165) is 23.4 Å². The quantitative estimate of drug-likeness (QED) is 0.888. The Bertz CT molecular complexity index is 432. The second kappa shape index (κ2) is 5.72. The third kappa shape index (κ3) is 3.47. The van der Waals surface area contributed by atoms with E-state index in [1.165, 1.54) is 0 Å². The number of carbonyl (C=O) groups is 1. The Kier molecular flexibility index (Phi) is 4.25. The number of carbonyl (C=O) groups excluding carboxylic acids is 1. The van der Waals surface area contributed by atoms with Crippen molar-refractivity contribution in [1.82, 2.24) is 10.2 Å². The van der Waals surface area contributed by atoms with Crippen LogP contribution in [0.2, 0.25) is 5.02 Å². The molecule has 1 fully saturated rings. The van der Waals surface area contributed by atoms with Gasteiger partial charge in [0.25, 0.3) is 0 Å². The van der Waals surface area contributed by atoms with Crippen LogP contribution in [-0.4, -0.2) is 29.9 Å². The van der Waals surface area contributed by atoms with Crippen LogP contribution in [0.25, 0.3) is 0 Å². The van der Waals surface area contributed by atoms with Crippen molar-refractivity contribution >= 4 is 17.5 Å². The summed E-state index contributed by atoms with van der Waals surface area (Å²) < 4.78 is 0. The van der Waals surface area contributed by atoms with E-state index in [1.807, 2.05) is 43.1 Å². The number of likely N-dealkylation sites (N-methyl/N-ethyl adjacent to an activating group) is 1. The topological polar surface area (TPSA) is 32.3 Å². The molecule has 18 heavy (non-hydrogen) atoms. The van der Waals surface area contributed by atoms with Crippen LogP contribution in [0.3, 0.4) is 0 Å². The molecule has 4 heteroatoms. The molecule has 1 saturated carbocycles. The lowest BCUT2D eigenvalue weighted by molar-refractivity contribution is -0.125. The van der Waals surface area contributed by atoms with Crippen molar-refractivity contribution in [3.05, 3.63) is 34.9 Å². The highest BCUT2D eigenvalue weighted by Crippen LogP contribution is 2.20. The minimum Gasteiger partial charge on any atom is -0.352 e. The van der Waals surface area contributed by atoms with Gasteiger partial charge in [-0.05, 0) is 38.4 Å². The first-order chi connectivity index (χ1) is 8.58. The molecule has 0 saturated heterocycles. The Morgan fingerprint density at radius 3 is 2.78 bits per heavy atom. The summed E-state index contributed by atoms with van der Waals surface area (Å²) in [5.41, 5.74) is 1.05. The van der Waals surface area contributed by atoms with Gasteiger partial charge in [-0.2, -0.15) is 0 Å². The molecule has 0 aromatic heterocycles. The molecule has 1 aromatic rings. The van der Waals surface area contributed by atoms with Gasteiger partial charge < -0.3 is 5.32 Å². The highest BCUT2D eigenvalue weighted by atomic mass is 35.5. The predicted molar refractivity (Wildman–Crippen MR) is 73.5 cm³/mol. The Hall–Kier alpha value is -1.06. The average Bonchev–Trinajstić information content (AvgIpc) is 3.15. The Balaban J connectivity index is 1.92. The van der Waals surface area contributed by atoms with E-state index in [4.69, 9.17) is 11.6 Å². The van der Waals surface area contributed by atoms with Crippen molar-refractivity contribution in [2.45, 2.75) is 38.4 Å². The molecule has 0 unspecified atom stereocenters. The maximum absolute atomic E-state index is 11.9. The van der Waals surface area contributed by atoms with Crippen LogP contribution in [0.4, 0.5) is 0 Å². The molecule has 0 spiro atoms. The molecule has 1 N–H and O–H groups in total. The summed E-state index contributed by atoms with van der Waals surface area (Å²) in [7, 11) is 1.94. The van der Waals surface area contributed by atoms with E-state index < -0.39 is 0 Å². The largest absolute Gasteiger partial charge is 0.352 e. The first-order valence-corrected chi connectivity index (χ1v) is 6.69. The molecule has 0 heterocycles. The minimum absolute atomic E-state index is 0.104. The van der Waals surface area contributed by atoms with Crippen molar-refractivity contribution < 1.29 is 4.79 Å². The fourth-order valence-corrected chi connectivity index (χ4v) is 1.98. The van der Waals surface area contributed by atoms with Crippen molar-refractivity contribution in [1.29, 1.82) is 0 Å². The number of halogens is 1. The molecule has 1 aliphatic rings. The molecule has 1 aromatic carbocycles. The minimum atomic E-state index is -0.137. The van der Waals surface area contributed by atoms with Crippen LogP contribution in [0.15, 0.2) is 24.3 Å². The molecule has 1 aliphatic carbocycles. The SMILES string of the molecule is C[C@H](C(=O)NC1CC1)N(C)Cc1ccccc1Cl. The van der Waals surface area contributed by atoms with Crippen molar-refractivity contribution in [2.75, 3.05) is 7.05 Å². The van der Waals surface area contributed by atoms with Crippen LogP contribution in [0.5, 0.6) is 0 Å². The van der Waals surface area contributed by atoms with Crippen LogP contribution < -0.4 is 5.32 Å². The first kappa shape index (κ1) is 13.4. The summed E-state index contributed by atoms with van der Waals surface area (Å²) in [6.07, 6.45) is 2.24. The van der Waals surface area contributed by atoms with Gasteiger partial charge in [0.15, 0.2) is 0 Å². The fourth-order valence-electron chi connectivity index (χ4n) is 1.78. The van der Waals surface area contributed by atoms with Gasteiger partial charge in [0, 0.05) is 17.6 Å². The summed E-state index contributed by atoms with van der Waals surface area (Å²) >= 11 is 6.12. The summed E-state index contributed by atoms with van der Waals surface area (Å²) in [6.45, 7) is 2.60. The number of amides is 1. The maximum atomic E-state index is 11.9. The molecule has 1 amide bonds. The molecular weight excluding hydrogens is 248 g/mol. The standard InChI is InChI=1S/C14H19ClN2O/c1-10(14(18)16-12-7-8-12)17(2)9-11-5-3-4-6-13(11)15/h3-6,10,12H,7-9H2,1-2H3,(H,16,18)/t10-/m1/s1. The van der Waals surface area contributed by atoms with E-state index in [9.17, 15) is 4.79 Å². The van der Waals surface area contributed by atoms with E-state index in [2.05, 4.69) is 5.32 Å². The second-order valence-electron chi connectivity index (χ2n) is 4.97. The Labute approximate surface area is 113 Å². The van der Waals surface area contributed by atoms with E-state index >= 15 is 0 Å². The average molecular weight is 267 g/mol. The van der Waals surface area contributed by atoms with Crippen molar-refractivity contribution in [3.63, 3.8) is 0 Å². The fraction of sp³-hybridized carbons (Fsp3) is 0.500. The predicted octanol–water partition coefficient (Wildman–Crippen LogP) is 2.44. The smallest absolute Gasteiger partial charge is 0.237 e. The van der Waals surface area contributed by atoms with Crippen LogP contribution in [0, 0.1) is 0 Å². The molecule has 0 bridgehead atoms. The van der Waals surface area contributed by atoms with E-state index in [-0.39, 0.29) is 11.9 Å². The monoisotopic (exact) mass is 266 g/mol. The highest BCUT2D eigenvalue weighted by Gasteiger charge is 2.27. The molecule has 1 atom stereocenters. The number of hydrogen-bond acceptors (Lipinski definition) is 2. The molecule has 0 radical (unpaired) electrons. The lowest BCUT2D eigenvalue weighted by Gasteiger charge is -2.24. The zero-order valence-corrected chi connectivity index (χ0v) is 11.6. The van der Waals surface area contributed by atoms with E-state index in [0.29, 0.717) is 12.6 Å². The lowest BCUT2D eigenvalue weighted by atomic mass is 10.2. The van der Waals surface area contributed by atoms with Crippen molar-refractivity contribution in [3.8, 4) is 0 Å². The van der Waals surface area contributed by atoms with E-state index in [1.54, 1.807) is 0 Å². The first-order valence-electron chi connectivity index (χ1n) is 6.32. The van der Waals surface area contributed by atoms with Gasteiger partial charge in [0.05, 0.1) is 6.04 Å². The molecular formula is C14H19ClN2O. The summed E-state index contributed by atoms with van der Waals surface area (Å²) in [6, 6.07) is 8.01. The second-order valence-corrected chi connectivity index (χ2v) is 5.37. The van der Waals surface area contributed by atoms with Gasteiger partial charge in [-0.15, -0.1) is 0 Å². The number of benzene rings is 1. The van der Waals surface area contributed by atoms with Crippen LogP contribution >= 0.6 is 11.6 Å². The third-order valence-corrected chi connectivity index (χ3v) is 3.71. The van der Waals surface area contributed by atoms with Gasteiger partial charge in [-0.25, -0.2) is 0 Å². The van der Waals surface area contributed by atoms with Gasteiger partial charge in [0.2, 0.25) is 5.91 Å². The Morgan fingerprint density at radius 1 is 1.50 bits per heavy atom. The normalized spacial score (nSPS) is 16.7. The number of nitrogens with zero attached hydrogens (tertiary/aromatic N) is 1. The molecule has 98 valence electrons. The van der Waals surface area contributed by atoms with Gasteiger partial charge >= 0.3 is 0 Å². The van der Waals surface area contributed by atoms with Gasteiger partial charge in [0.1, 0.15) is 0 Å². The number of rotatable bonds is 5. The summed E-state index contributed by atoms with van der Waals surface area (Å²) in [4.78, 5) is 13.9. The maximum Gasteiger partial charge on any atom is 0.237 e. The lowest BCUT2D eigenvalue weighted by Crippen LogP contribution is -2.43. The summed E-state index contributed by atoms with van der Waals surface area (Å²) in [5, 5.41) is 3.77. The van der Waals surface area contributed by atoms with Gasteiger partial charge in [-0.3, -0.25) is 9.69 Å². The zero-order chi connectivity index (χ0) is 13.1. The number of nitrogens with one attached hydrogen (secondary N) is 1. The van der Waals surface area contributed by atoms with Crippen LogP contribution in [0.1, 0.15) is 25.3 Å². The summed E-state index contributed by atoms with van der Waals surface area (Å²) in [5.74, 6) is 0.104. The van der Waals surface area contributed by atoms with Gasteiger partial charge in [-0.1, -0.05) is 29.8 Å². The third-order valence-electron chi connectivity index (χ3n) is 3.34. The van der Waals surface area contributed by atoms with Crippen LogP contribution in [-0.2, 0) is 11.3 Å². The molecule has 3 nitrogen and oxygen atoms in total. The Morgan fingerprint density at radius 2 is 2.17 bits per heavy atom. The number of hydrogen-bond donors (Lipinski definition) is 1. The van der Waals surface area contributed by atoms with Crippen molar-refractivity contribution in [2.24, 2.45) is 0 Å². The zero-order valence-electron chi connectivity index (χ0n) is 10.8. The highest BCUT2D eigenvalue weighted by molar-refractivity contribution is 6.31. The molecule has 2 rings (SSSR count). The molecule has 0 aliphatic heterocycles.